The molecule has 3 nitrogen and oxygen atoms in total. The topological polar surface area (TPSA) is 60.4 Å². The van der Waals surface area contributed by atoms with Crippen molar-refractivity contribution >= 4 is 6.47 Å². The predicted octanol–water partition coefficient (Wildman–Crippen LogP) is -4.24. The number of hydrogen-bond donors (Lipinski definition) is 1. The maximum absolute atomic E-state index is 8.25. The van der Waals surface area contributed by atoms with Crippen LogP contribution in [-0.2, 0) is 4.79 Å². The van der Waals surface area contributed by atoms with E-state index >= 15 is 0 Å². The maximum Gasteiger partial charge on any atom is 1.00 e. The summed E-state index contributed by atoms with van der Waals surface area (Å²) < 4.78 is 0. The molecule has 0 aliphatic rings. The van der Waals surface area contributed by atoms with E-state index < -0.39 is 6.47 Å². The van der Waals surface area contributed by atoms with Gasteiger partial charge in [0.05, 0.1) is 0 Å². The summed E-state index contributed by atoms with van der Waals surface area (Å²) in [6.07, 6.45) is -0.167. The van der Waals surface area contributed by atoms with Crippen LogP contribution in [0.2, 0.25) is 0 Å². The van der Waals surface area contributed by atoms with Crippen LogP contribution in [0.1, 0.15) is 13.8 Å². The van der Waals surface area contributed by atoms with Gasteiger partial charge in [0.15, 0.2) is 0 Å². The fourth-order valence-electron chi connectivity index (χ4n) is 0. The first-order valence-corrected chi connectivity index (χ1v) is 1.88. The zero-order valence-corrected chi connectivity index (χ0v) is 7.42. The Morgan fingerprint density at radius 1 is 1.62 bits per heavy atom. The van der Waals surface area contributed by atoms with Gasteiger partial charge in [-0.25, -0.2) is 0 Å². The molecule has 0 saturated heterocycles. The molecule has 0 aromatic rings. The fourth-order valence-corrected chi connectivity index (χ4v) is 0. The van der Waals surface area contributed by atoms with E-state index in [2.05, 4.69) is 0 Å². The van der Waals surface area contributed by atoms with Crippen LogP contribution in [0.5, 0.6) is 0 Å². The molecule has 8 heavy (non-hydrogen) atoms. The van der Waals surface area contributed by atoms with Crippen molar-refractivity contribution < 1.29 is 44.6 Å². The molecule has 0 heterocycles. The third-order valence-corrected chi connectivity index (χ3v) is 0. The third kappa shape index (κ3) is 1030. The van der Waals surface area contributed by atoms with E-state index in [1.54, 1.807) is 13.8 Å². The Kier molecular flexibility index (Phi) is 30.9. The molecular weight excluding hydrogens is 119 g/mol. The summed E-state index contributed by atoms with van der Waals surface area (Å²) in [6, 6.07) is 0. The summed E-state index contributed by atoms with van der Waals surface area (Å²) in [7, 11) is 0. The Morgan fingerprint density at radius 2 is 1.62 bits per heavy atom. The standard InChI is InChI=1S/C3H8O.CH2O2.Na/c1-3(2)4;2-1-3;/h3-4H,1-2H3;1H,(H,2,3);/q;;+1/p-1. The van der Waals surface area contributed by atoms with E-state index in [4.69, 9.17) is 15.0 Å². The van der Waals surface area contributed by atoms with E-state index in [-0.39, 0.29) is 35.7 Å². The van der Waals surface area contributed by atoms with Crippen molar-refractivity contribution in [3.8, 4) is 0 Å². The van der Waals surface area contributed by atoms with E-state index in [9.17, 15) is 0 Å². The average molecular weight is 128 g/mol. The summed E-state index contributed by atoms with van der Waals surface area (Å²) in [5, 5.41) is 16.3. The Hall–Kier alpha value is 0.430. The van der Waals surface area contributed by atoms with Crippen LogP contribution in [-0.4, -0.2) is 17.7 Å². The second-order valence-electron chi connectivity index (χ2n) is 1.19. The predicted molar refractivity (Wildman–Crippen MR) is 23.4 cm³/mol. The van der Waals surface area contributed by atoms with Gasteiger partial charge < -0.3 is 15.0 Å². The SMILES string of the molecule is CC(C)O.O=C[O-].[Na+]. The molecule has 0 spiro atoms. The molecule has 0 radical (unpaired) electrons. The Bertz CT molecular complexity index is 35.5. The molecule has 0 aliphatic heterocycles. The van der Waals surface area contributed by atoms with Crippen molar-refractivity contribution in [1.82, 2.24) is 0 Å². The first-order valence-electron chi connectivity index (χ1n) is 1.88. The van der Waals surface area contributed by atoms with Crippen LogP contribution in [0.4, 0.5) is 0 Å². The van der Waals surface area contributed by atoms with Crippen LogP contribution in [0.3, 0.4) is 0 Å². The van der Waals surface area contributed by atoms with E-state index in [1.807, 2.05) is 0 Å². The number of aliphatic hydroxyl groups excluding tert-OH is 1. The minimum atomic E-state index is -0.500. The number of carboxylic acid groups (broad SMARTS) is 1. The van der Waals surface area contributed by atoms with Crippen molar-refractivity contribution in [2.75, 3.05) is 0 Å². The number of aliphatic hydroxyl groups is 1. The summed E-state index contributed by atoms with van der Waals surface area (Å²) >= 11 is 0. The zero-order chi connectivity index (χ0) is 6.28. The van der Waals surface area contributed by atoms with Crippen LogP contribution in [0, 0.1) is 0 Å². The number of carbonyl (C=O) groups is 1. The molecule has 0 unspecified atom stereocenters. The largest absolute Gasteiger partial charge is 1.00 e. The van der Waals surface area contributed by atoms with Crippen molar-refractivity contribution in [2.24, 2.45) is 0 Å². The van der Waals surface area contributed by atoms with Gasteiger partial charge in [-0.05, 0) is 13.8 Å². The van der Waals surface area contributed by atoms with Gasteiger partial charge in [-0.3, -0.25) is 0 Å². The molecule has 0 amide bonds. The van der Waals surface area contributed by atoms with Crippen LogP contribution < -0.4 is 34.7 Å². The van der Waals surface area contributed by atoms with E-state index in [0.29, 0.717) is 0 Å². The molecule has 0 saturated carbocycles. The van der Waals surface area contributed by atoms with Gasteiger partial charge in [0.25, 0.3) is 0 Å². The molecule has 0 aromatic carbocycles. The van der Waals surface area contributed by atoms with E-state index in [1.165, 1.54) is 0 Å². The molecule has 0 aliphatic carbocycles. The summed E-state index contributed by atoms with van der Waals surface area (Å²) in [5.41, 5.74) is 0. The molecule has 44 valence electrons. The van der Waals surface area contributed by atoms with Crippen molar-refractivity contribution in [2.45, 2.75) is 20.0 Å². The van der Waals surface area contributed by atoms with Crippen LogP contribution >= 0.6 is 0 Å². The number of carbonyl (C=O) groups excluding carboxylic acids is 1. The smallest absolute Gasteiger partial charge is 0.554 e. The molecule has 4 heteroatoms. The second kappa shape index (κ2) is 15.7. The molecule has 1 N–H and O–H groups in total. The maximum atomic E-state index is 8.25. The Balaban J connectivity index is -0.0000000575. The minimum Gasteiger partial charge on any atom is -0.554 e. The van der Waals surface area contributed by atoms with Gasteiger partial charge in [-0.2, -0.15) is 0 Å². The molecular formula is C4H9NaO3. The fraction of sp³-hybridized carbons (Fsp3) is 0.750. The monoisotopic (exact) mass is 128 g/mol. The van der Waals surface area contributed by atoms with Crippen molar-refractivity contribution in [1.29, 1.82) is 0 Å². The quantitative estimate of drug-likeness (QED) is 0.265. The third-order valence-electron chi connectivity index (χ3n) is 0. The Labute approximate surface area is 71.0 Å². The average Bonchev–Trinajstić information content (AvgIpc) is 1.33. The minimum absolute atomic E-state index is 0. The summed E-state index contributed by atoms with van der Waals surface area (Å²) in [4.78, 5) is 8.25. The summed E-state index contributed by atoms with van der Waals surface area (Å²) in [6.45, 7) is 2.94. The number of rotatable bonds is 0. The van der Waals surface area contributed by atoms with Gasteiger partial charge in [-0.1, -0.05) is 0 Å². The Morgan fingerprint density at radius 3 is 1.62 bits per heavy atom. The molecule has 0 atom stereocenters. The normalized spacial score (nSPS) is 6.00. The van der Waals surface area contributed by atoms with Crippen molar-refractivity contribution in [3.63, 3.8) is 0 Å². The number of hydrogen-bond acceptors (Lipinski definition) is 3. The zero-order valence-electron chi connectivity index (χ0n) is 5.42. The van der Waals surface area contributed by atoms with Crippen LogP contribution in [0.25, 0.3) is 0 Å². The van der Waals surface area contributed by atoms with Gasteiger partial charge >= 0.3 is 29.6 Å². The molecule has 0 rings (SSSR count). The van der Waals surface area contributed by atoms with Gasteiger partial charge in [0, 0.05) is 12.6 Å². The summed E-state index contributed by atoms with van der Waals surface area (Å²) in [5.74, 6) is 0. The van der Waals surface area contributed by atoms with Gasteiger partial charge in [-0.15, -0.1) is 0 Å². The van der Waals surface area contributed by atoms with Gasteiger partial charge in [0.1, 0.15) is 0 Å². The van der Waals surface area contributed by atoms with Crippen LogP contribution in [0.15, 0.2) is 0 Å². The first-order chi connectivity index (χ1) is 3.15. The van der Waals surface area contributed by atoms with Crippen molar-refractivity contribution in [3.05, 3.63) is 0 Å². The second-order valence-corrected chi connectivity index (χ2v) is 1.19. The molecule has 0 fully saturated rings. The van der Waals surface area contributed by atoms with Gasteiger partial charge in [0.2, 0.25) is 0 Å². The van der Waals surface area contributed by atoms with E-state index in [0.717, 1.165) is 0 Å². The molecule has 0 bridgehead atoms. The molecule has 0 aromatic heterocycles. The first kappa shape index (κ1) is 15.8.